The molecule has 8 nitrogen and oxygen atoms in total. The molecule has 1 aromatic carbocycles. The molecule has 11 heteroatoms. The first-order valence-corrected chi connectivity index (χ1v) is 16.7. The molecular weight excluding hydrogens is 617 g/mol. The summed E-state index contributed by atoms with van der Waals surface area (Å²) >= 11 is 0. The minimum atomic E-state index is -2.73. The summed E-state index contributed by atoms with van der Waals surface area (Å²) in [6.45, 7) is 15.7. The quantitative estimate of drug-likeness (QED) is 0.239. The van der Waals surface area contributed by atoms with Gasteiger partial charge in [0.05, 0.1) is 5.70 Å². The number of alkyl halides is 2. The molecule has 3 N–H and O–H groups in total. The lowest BCUT2D eigenvalue weighted by Gasteiger charge is -2.39. The molecule has 1 saturated heterocycles. The molecular formula is C37H47F3N6O2. The maximum Gasteiger partial charge on any atom is 0.264 e. The number of anilines is 1. The number of carbonyl (C=O) groups is 2. The summed E-state index contributed by atoms with van der Waals surface area (Å²) in [5, 5.41) is 2.53. The van der Waals surface area contributed by atoms with E-state index in [1.807, 2.05) is 44.4 Å². The van der Waals surface area contributed by atoms with E-state index < -0.39 is 18.1 Å². The van der Waals surface area contributed by atoms with Crippen LogP contribution in [0.2, 0.25) is 0 Å². The number of nitrogens with one attached hydrogen (secondary N) is 1. The summed E-state index contributed by atoms with van der Waals surface area (Å²) in [6.07, 6.45) is 5.79. The Morgan fingerprint density at radius 3 is 2.58 bits per heavy atom. The van der Waals surface area contributed by atoms with Gasteiger partial charge >= 0.3 is 0 Å². The van der Waals surface area contributed by atoms with Crippen molar-refractivity contribution in [1.82, 2.24) is 14.8 Å². The number of pyridine rings is 1. The van der Waals surface area contributed by atoms with Gasteiger partial charge in [-0.3, -0.25) is 9.59 Å². The number of likely N-dealkylation sites (tertiary alicyclic amines) is 1. The Labute approximate surface area is 281 Å². The second kappa shape index (κ2) is 16.1. The van der Waals surface area contributed by atoms with Crippen molar-refractivity contribution in [3.63, 3.8) is 0 Å². The Hall–Kier alpha value is -4.41. The lowest BCUT2D eigenvalue weighted by atomic mass is 9.83. The number of hydrogen-bond donors (Lipinski definition) is 2. The Morgan fingerprint density at radius 2 is 1.92 bits per heavy atom. The first-order valence-electron chi connectivity index (χ1n) is 16.7. The molecule has 2 aliphatic heterocycles. The predicted molar refractivity (Wildman–Crippen MR) is 184 cm³/mol. The first-order chi connectivity index (χ1) is 22.9. The largest absolute Gasteiger partial charge is 0.382 e. The normalized spacial score (nSPS) is 18.2. The molecule has 0 radical (unpaired) electrons. The lowest BCUT2D eigenvalue weighted by molar-refractivity contribution is -0.133. The fourth-order valence-corrected chi connectivity index (χ4v) is 6.30. The van der Waals surface area contributed by atoms with Gasteiger partial charge in [-0.2, -0.15) is 0 Å². The van der Waals surface area contributed by atoms with E-state index in [0.29, 0.717) is 61.2 Å². The molecule has 1 fully saturated rings. The zero-order chi connectivity index (χ0) is 35.1. The number of aryl methyl sites for hydroxylation is 1. The van der Waals surface area contributed by atoms with Crippen molar-refractivity contribution in [1.29, 1.82) is 0 Å². The van der Waals surface area contributed by atoms with E-state index in [9.17, 15) is 18.4 Å². The van der Waals surface area contributed by atoms with Crippen LogP contribution < -0.4 is 11.1 Å². The number of halogens is 3. The van der Waals surface area contributed by atoms with Gasteiger partial charge in [0.2, 0.25) is 5.91 Å². The van der Waals surface area contributed by atoms with Crippen molar-refractivity contribution in [2.45, 2.75) is 79.6 Å². The van der Waals surface area contributed by atoms with Crippen molar-refractivity contribution in [2.75, 3.05) is 18.4 Å². The van der Waals surface area contributed by atoms with Gasteiger partial charge in [0.25, 0.3) is 12.3 Å². The monoisotopic (exact) mass is 664 g/mol. The Morgan fingerprint density at radius 1 is 1.17 bits per heavy atom. The number of nitrogens with zero attached hydrogens (tertiary/aromatic N) is 4. The summed E-state index contributed by atoms with van der Waals surface area (Å²) in [4.78, 5) is 38.4. The van der Waals surface area contributed by atoms with E-state index in [2.05, 4.69) is 21.9 Å². The molecule has 2 unspecified atom stereocenters. The molecule has 2 atom stereocenters. The van der Waals surface area contributed by atoms with Crippen LogP contribution in [-0.4, -0.2) is 45.5 Å². The highest BCUT2D eigenvalue weighted by Gasteiger charge is 2.33. The van der Waals surface area contributed by atoms with Gasteiger partial charge in [0, 0.05) is 66.4 Å². The van der Waals surface area contributed by atoms with Crippen molar-refractivity contribution in [3.05, 3.63) is 88.9 Å². The fraction of sp³-hybridized carbons (Fsp3) is 0.459. The standard InChI is InChI=1S/C37H47F3N6O2/c1-7-10-25-18-28(37(48)44-30-20-26(35(39)40)12-13-42-30)19-29(38)33(25)32(23(5)8-2)34-36(41)43-14-16-46(34)24(6)27-11-9-15-45(21-27)31(47)17-22(3)4/h12-14,16,18-20,22-23,27,35H,6-11,15,17,21H2,1-5H3,(H2,41,43)(H,42,44,48)/b34-32+. The smallest absolute Gasteiger partial charge is 0.264 e. The zero-order valence-electron chi connectivity index (χ0n) is 28.5. The number of amidine groups is 1. The van der Waals surface area contributed by atoms with Gasteiger partial charge in [-0.15, -0.1) is 0 Å². The van der Waals surface area contributed by atoms with E-state index in [-0.39, 0.29) is 46.4 Å². The number of aromatic nitrogens is 1. The van der Waals surface area contributed by atoms with Crippen molar-refractivity contribution in [3.8, 4) is 0 Å². The van der Waals surface area contributed by atoms with Crippen LogP contribution in [0.3, 0.4) is 0 Å². The predicted octanol–water partition coefficient (Wildman–Crippen LogP) is 8.06. The summed E-state index contributed by atoms with van der Waals surface area (Å²) in [5.41, 5.74) is 9.25. The van der Waals surface area contributed by atoms with Crippen LogP contribution in [0.15, 0.2) is 65.8 Å². The second-order valence-corrected chi connectivity index (χ2v) is 13.0. The van der Waals surface area contributed by atoms with E-state index >= 15 is 4.39 Å². The van der Waals surface area contributed by atoms with Crippen LogP contribution in [0.4, 0.5) is 19.0 Å². The number of nitrogens with two attached hydrogens (primary N) is 1. The van der Waals surface area contributed by atoms with E-state index in [4.69, 9.17) is 5.73 Å². The molecule has 2 aliphatic rings. The number of aliphatic imine (C=N–C) groups is 1. The third-order valence-electron chi connectivity index (χ3n) is 8.91. The first kappa shape index (κ1) is 36.4. The summed E-state index contributed by atoms with van der Waals surface area (Å²) in [6, 6.07) is 5.07. The van der Waals surface area contributed by atoms with Gasteiger partial charge in [-0.25, -0.2) is 23.1 Å². The molecule has 4 rings (SSSR count). The molecule has 0 saturated carbocycles. The van der Waals surface area contributed by atoms with Gasteiger partial charge in [-0.05, 0) is 72.9 Å². The van der Waals surface area contributed by atoms with Crippen LogP contribution in [0, 0.1) is 23.6 Å². The molecule has 48 heavy (non-hydrogen) atoms. The van der Waals surface area contributed by atoms with Gasteiger partial charge in [-0.1, -0.05) is 47.6 Å². The van der Waals surface area contributed by atoms with Crippen molar-refractivity contribution >= 4 is 29.0 Å². The Balaban J connectivity index is 1.77. The number of amides is 2. The number of benzene rings is 1. The van der Waals surface area contributed by atoms with Crippen LogP contribution >= 0.6 is 0 Å². The van der Waals surface area contributed by atoms with Crippen molar-refractivity contribution in [2.24, 2.45) is 28.5 Å². The van der Waals surface area contributed by atoms with Crippen molar-refractivity contribution < 1.29 is 22.8 Å². The fourth-order valence-electron chi connectivity index (χ4n) is 6.30. The summed E-state index contributed by atoms with van der Waals surface area (Å²) in [7, 11) is 0. The number of piperidine rings is 1. The maximum atomic E-state index is 16.5. The van der Waals surface area contributed by atoms with Crippen LogP contribution in [-0.2, 0) is 11.2 Å². The molecule has 0 bridgehead atoms. The average Bonchev–Trinajstić information content (AvgIpc) is 3.05. The molecule has 1 aromatic heterocycles. The molecule has 0 aliphatic carbocycles. The molecule has 2 amide bonds. The minimum absolute atomic E-state index is 0.0391. The molecule has 3 heterocycles. The van der Waals surface area contributed by atoms with Gasteiger partial charge in [0.1, 0.15) is 17.5 Å². The highest BCUT2D eigenvalue weighted by molar-refractivity contribution is 6.06. The minimum Gasteiger partial charge on any atom is -0.382 e. The highest BCUT2D eigenvalue weighted by atomic mass is 19.3. The summed E-state index contributed by atoms with van der Waals surface area (Å²) < 4.78 is 43.0. The second-order valence-electron chi connectivity index (χ2n) is 13.0. The number of rotatable bonds is 12. The average molecular weight is 665 g/mol. The molecule has 258 valence electrons. The van der Waals surface area contributed by atoms with E-state index in [1.165, 1.54) is 12.3 Å². The maximum absolute atomic E-state index is 16.5. The third kappa shape index (κ3) is 8.35. The number of hydrogen-bond acceptors (Lipinski definition) is 6. The number of allylic oxidation sites excluding steroid dienone is 1. The van der Waals surface area contributed by atoms with Gasteiger partial charge in [0.15, 0.2) is 0 Å². The van der Waals surface area contributed by atoms with Crippen LogP contribution in [0.5, 0.6) is 0 Å². The number of carbonyl (C=O) groups excluding carboxylic acids is 2. The SMILES string of the molecule is C=C(C1CCCN(C(=O)CC(C)C)C1)N1C=CN=C(N)/C1=C(\c1c(F)cc(C(=O)Nc2cc(C(F)F)ccn2)cc1CCC)C(C)CC. The van der Waals surface area contributed by atoms with Gasteiger partial charge < -0.3 is 20.9 Å². The Kier molecular flexibility index (Phi) is 12.2. The van der Waals surface area contributed by atoms with E-state index in [0.717, 1.165) is 30.7 Å². The van der Waals surface area contributed by atoms with Crippen LogP contribution in [0.1, 0.15) is 100 Å². The third-order valence-corrected chi connectivity index (χ3v) is 8.91. The highest BCUT2D eigenvalue weighted by Crippen LogP contribution is 2.39. The van der Waals surface area contributed by atoms with Crippen LogP contribution in [0.25, 0.3) is 5.57 Å². The lowest BCUT2D eigenvalue weighted by Crippen LogP contribution is -2.43. The molecule has 0 spiro atoms. The zero-order valence-corrected chi connectivity index (χ0v) is 28.5. The topological polar surface area (TPSA) is 104 Å². The Bertz CT molecular complexity index is 1620. The van der Waals surface area contributed by atoms with E-state index in [1.54, 1.807) is 18.5 Å². The summed E-state index contributed by atoms with van der Waals surface area (Å²) in [5.74, 6) is -0.945. The molecule has 2 aromatic rings.